The summed E-state index contributed by atoms with van der Waals surface area (Å²) in [5.41, 5.74) is 11.5. The first-order valence-electron chi connectivity index (χ1n) is 18.2. The summed E-state index contributed by atoms with van der Waals surface area (Å²) in [5.74, 6) is 1.97. The molecule has 250 valence electrons. The van der Waals surface area contributed by atoms with Crippen LogP contribution in [0.3, 0.4) is 0 Å². The highest BCUT2D eigenvalue weighted by Crippen LogP contribution is 2.55. The minimum atomic E-state index is 0.649. The van der Waals surface area contributed by atoms with Gasteiger partial charge in [0.05, 0.1) is 11.0 Å². The van der Waals surface area contributed by atoms with E-state index in [4.69, 9.17) is 15.0 Å². The van der Waals surface area contributed by atoms with E-state index in [1.165, 1.54) is 58.6 Å². The average Bonchev–Trinajstić information content (AvgIpc) is 3.90. The molecule has 0 fully saturated rings. The molecule has 0 saturated carbocycles. The molecule has 5 heteroatoms. The molecule has 0 unspecified atom stereocenters. The Morgan fingerprint density at radius 3 is 1.91 bits per heavy atom. The fourth-order valence-corrected chi connectivity index (χ4v) is 9.93. The van der Waals surface area contributed by atoms with E-state index in [1.807, 2.05) is 29.5 Å². The van der Waals surface area contributed by atoms with Gasteiger partial charge in [0.1, 0.15) is 0 Å². The Hall–Kier alpha value is -6.95. The van der Waals surface area contributed by atoms with E-state index >= 15 is 0 Å². The van der Waals surface area contributed by atoms with Crippen molar-refractivity contribution in [3.8, 4) is 62.1 Å². The smallest absolute Gasteiger partial charge is 0.164 e. The molecule has 0 radical (unpaired) electrons. The van der Waals surface area contributed by atoms with Gasteiger partial charge in [-0.25, -0.2) is 15.0 Å². The zero-order valence-electron chi connectivity index (χ0n) is 28.9. The number of hydrogen-bond acceptors (Lipinski definition) is 4. The highest BCUT2D eigenvalue weighted by Gasteiger charge is 2.28. The molecule has 4 nitrogen and oxygen atoms in total. The molecule has 1 aliphatic carbocycles. The molecule has 0 N–H and O–H groups in total. The Bertz CT molecular complexity index is 3320. The van der Waals surface area contributed by atoms with Crippen LogP contribution in [0.1, 0.15) is 0 Å². The van der Waals surface area contributed by atoms with Crippen LogP contribution in [0.5, 0.6) is 0 Å². The van der Waals surface area contributed by atoms with Gasteiger partial charge in [-0.3, -0.25) is 0 Å². The maximum atomic E-state index is 5.39. The molecular formula is C49H28N4S. The van der Waals surface area contributed by atoms with Gasteiger partial charge in [0, 0.05) is 58.9 Å². The van der Waals surface area contributed by atoms with E-state index < -0.39 is 0 Å². The number of hydrogen-bond donors (Lipinski definition) is 0. The number of fused-ring (bicyclic) bond motifs is 10. The van der Waals surface area contributed by atoms with Crippen molar-refractivity contribution in [3.05, 3.63) is 170 Å². The Labute approximate surface area is 314 Å². The number of para-hydroxylation sites is 2. The Morgan fingerprint density at radius 2 is 1.07 bits per heavy atom. The van der Waals surface area contributed by atoms with Gasteiger partial charge in [0.15, 0.2) is 17.5 Å². The minimum Gasteiger partial charge on any atom is -0.309 e. The predicted molar refractivity (Wildman–Crippen MR) is 225 cm³/mol. The quantitative estimate of drug-likeness (QED) is 0.183. The van der Waals surface area contributed by atoms with Gasteiger partial charge in [-0.2, -0.15) is 0 Å². The van der Waals surface area contributed by atoms with E-state index in [9.17, 15) is 0 Å². The van der Waals surface area contributed by atoms with Gasteiger partial charge in [-0.05, 0) is 76.0 Å². The molecule has 54 heavy (non-hydrogen) atoms. The third kappa shape index (κ3) is 4.21. The first-order valence-corrected chi connectivity index (χ1v) is 19.0. The minimum absolute atomic E-state index is 0.649. The van der Waals surface area contributed by atoms with E-state index in [0.29, 0.717) is 17.5 Å². The average molecular weight is 705 g/mol. The first-order chi connectivity index (χ1) is 26.8. The fourth-order valence-electron chi connectivity index (χ4n) is 8.64. The van der Waals surface area contributed by atoms with Crippen LogP contribution in [0, 0.1) is 0 Å². The Kier molecular flexibility index (Phi) is 6.18. The topological polar surface area (TPSA) is 43.6 Å². The van der Waals surface area contributed by atoms with E-state index in [1.54, 1.807) is 0 Å². The number of nitrogens with zero attached hydrogens (tertiary/aromatic N) is 4. The van der Waals surface area contributed by atoms with E-state index in [0.717, 1.165) is 38.8 Å². The predicted octanol–water partition coefficient (Wildman–Crippen LogP) is 13.1. The van der Waals surface area contributed by atoms with Crippen LogP contribution in [0.4, 0.5) is 0 Å². The lowest BCUT2D eigenvalue weighted by molar-refractivity contribution is 1.08. The SMILES string of the molecule is c1ccc(-c2nc(-c3ccc4c(c3)c3ccccc3n4-c3ccccc3)nc(-c3cc4c(c5sc6ccccc6c35)-c3cccc5cccc-4c35)n2)cc1. The summed E-state index contributed by atoms with van der Waals surface area (Å²) in [6, 6.07) is 60.5. The number of thiophene rings is 1. The van der Waals surface area contributed by atoms with Crippen molar-refractivity contribution in [3.63, 3.8) is 0 Å². The van der Waals surface area contributed by atoms with Crippen molar-refractivity contribution in [2.75, 3.05) is 0 Å². The van der Waals surface area contributed by atoms with Gasteiger partial charge >= 0.3 is 0 Å². The van der Waals surface area contributed by atoms with Crippen LogP contribution in [0.2, 0.25) is 0 Å². The fraction of sp³-hybridized carbons (Fsp3) is 0. The zero-order chi connectivity index (χ0) is 35.3. The third-order valence-corrected chi connectivity index (χ3v) is 12.2. The largest absolute Gasteiger partial charge is 0.309 e. The molecule has 0 saturated heterocycles. The third-order valence-electron chi connectivity index (χ3n) is 11.0. The summed E-state index contributed by atoms with van der Waals surface area (Å²) in [6.45, 7) is 0. The van der Waals surface area contributed by atoms with Gasteiger partial charge in [0.25, 0.3) is 0 Å². The highest BCUT2D eigenvalue weighted by molar-refractivity contribution is 7.26. The van der Waals surface area contributed by atoms with Crippen molar-refractivity contribution >= 4 is 64.1 Å². The lowest BCUT2D eigenvalue weighted by atomic mass is 9.96. The molecule has 0 bridgehead atoms. The number of rotatable bonds is 4. The Balaban J connectivity index is 1.15. The summed E-state index contributed by atoms with van der Waals surface area (Å²) >= 11 is 1.86. The lowest BCUT2D eigenvalue weighted by Gasteiger charge is -2.13. The molecule has 0 amide bonds. The molecule has 3 aromatic heterocycles. The highest BCUT2D eigenvalue weighted by atomic mass is 32.1. The Morgan fingerprint density at radius 1 is 0.407 bits per heavy atom. The standard InChI is InChI=1S/C49H28N4S/c1-3-13-30(14-4-1)47-50-48(31-25-26-41-37(27-31)33-19-7-9-23-40(33)53(41)32-17-5-2-6-18-32)52-49(51-47)39-28-38-34-21-11-15-29-16-12-22-36(43(29)34)45(38)46-44(39)35-20-8-10-24-42(35)54-46/h1-28H. The summed E-state index contributed by atoms with van der Waals surface area (Å²) in [6.07, 6.45) is 0. The molecule has 0 spiro atoms. The molecule has 8 aromatic carbocycles. The summed E-state index contributed by atoms with van der Waals surface area (Å²) < 4.78 is 4.86. The van der Waals surface area contributed by atoms with Crippen LogP contribution in [0.15, 0.2) is 170 Å². The second-order valence-electron chi connectivity index (χ2n) is 14.0. The van der Waals surface area contributed by atoms with E-state index in [-0.39, 0.29) is 0 Å². The first kappa shape index (κ1) is 29.6. The monoisotopic (exact) mass is 704 g/mol. The second kappa shape index (κ2) is 11.3. The van der Waals surface area contributed by atoms with Crippen molar-refractivity contribution in [2.24, 2.45) is 0 Å². The normalized spacial score (nSPS) is 12.1. The van der Waals surface area contributed by atoms with Crippen molar-refractivity contribution < 1.29 is 0 Å². The van der Waals surface area contributed by atoms with Crippen molar-refractivity contribution in [2.45, 2.75) is 0 Å². The number of aromatic nitrogens is 4. The molecular weight excluding hydrogens is 677 g/mol. The van der Waals surface area contributed by atoms with Crippen molar-refractivity contribution in [1.82, 2.24) is 19.5 Å². The lowest BCUT2D eigenvalue weighted by Crippen LogP contribution is -2.01. The second-order valence-corrected chi connectivity index (χ2v) is 15.0. The van der Waals surface area contributed by atoms with Gasteiger partial charge in [0.2, 0.25) is 0 Å². The maximum Gasteiger partial charge on any atom is 0.164 e. The van der Waals surface area contributed by atoms with Crippen LogP contribution in [-0.4, -0.2) is 19.5 Å². The molecule has 0 aliphatic heterocycles. The number of benzene rings is 8. The van der Waals surface area contributed by atoms with E-state index in [2.05, 4.69) is 156 Å². The summed E-state index contributed by atoms with van der Waals surface area (Å²) in [4.78, 5) is 15.9. The van der Waals surface area contributed by atoms with Crippen LogP contribution in [0.25, 0.3) is 115 Å². The van der Waals surface area contributed by atoms with Gasteiger partial charge < -0.3 is 4.57 Å². The summed E-state index contributed by atoms with van der Waals surface area (Å²) in [5, 5.41) is 7.33. The van der Waals surface area contributed by atoms with Gasteiger partial charge in [-0.15, -0.1) is 11.3 Å². The zero-order valence-corrected chi connectivity index (χ0v) is 29.7. The molecule has 0 atom stereocenters. The summed E-state index contributed by atoms with van der Waals surface area (Å²) in [7, 11) is 0. The van der Waals surface area contributed by atoms with Gasteiger partial charge in [-0.1, -0.05) is 121 Å². The van der Waals surface area contributed by atoms with Crippen molar-refractivity contribution in [1.29, 1.82) is 0 Å². The molecule has 3 heterocycles. The molecule has 12 rings (SSSR count). The van der Waals surface area contributed by atoms with Crippen LogP contribution in [-0.2, 0) is 0 Å². The maximum absolute atomic E-state index is 5.39. The van der Waals surface area contributed by atoms with Crippen LogP contribution < -0.4 is 0 Å². The van der Waals surface area contributed by atoms with Crippen LogP contribution >= 0.6 is 11.3 Å². The molecule has 1 aliphatic rings. The molecule has 11 aromatic rings.